The Kier molecular flexibility index (Phi) is 7.70. The summed E-state index contributed by atoms with van der Waals surface area (Å²) in [5.74, 6) is -0.595. The second-order valence-electron chi connectivity index (χ2n) is 8.06. The van der Waals surface area contributed by atoms with E-state index < -0.39 is 5.91 Å². The first-order valence-corrected chi connectivity index (χ1v) is 11.5. The summed E-state index contributed by atoms with van der Waals surface area (Å²) in [5.41, 5.74) is 1.83. The number of quaternary nitrogens is 1. The fourth-order valence-electron chi connectivity index (χ4n) is 4.04. The number of halogens is 1. The van der Waals surface area contributed by atoms with Crippen molar-refractivity contribution in [1.82, 2.24) is 4.57 Å². The van der Waals surface area contributed by atoms with E-state index in [2.05, 4.69) is 15.4 Å². The van der Waals surface area contributed by atoms with E-state index in [1.165, 1.54) is 36.8 Å². The van der Waals surface area contributed by atoms with Crippen LogP contribution in [-0.2, 0) is 16.3 Å². The molecule has 8 nitrogen and oxygen atoms in total. The SMILES string of the molecule is O=C(CO/N=C\c1ccccc1Cl)N=Nc1c(O)n(C[NH+]2CCCCCC2)c2ccccc12. The van der Waals surface area contributed by atoms with Crippen molar-refractivity contribution in [1.29, 1.82) is 0 Å². The van der Waals surface area contributed by atoms with Gasteiger partial charge in [-0.2, -0.15) is 0 Å². The molecule has 1 aliphatic heterocycles. The highest BCUT2D eigenvalue weighted by Gasteiger charge is 2.21. The van der Waals surface area contributed by atoms with Crippen molar-refractivity contribution < 1.29 is 19.6 Å². The minimum atomic E-state index is -0.610. The first-order valence-electron chi connectivity index (χ1n) is 11.1. The lowest BCUT2D eigenvalue weighted by Crippen LogP contribution is -3.11. The van der Waals surface area contributed by atoms with Gasteiger partial charge in [-0.15, -0.1) is 10.2 Å². The van der Waals surface area contributed by atoms with Gasteiger partial charge in [0.25, 0.3) is 0 Å². The Morgan fingerprint density at radius 2 is 1.82 bits per heavy atom. The molecule has 33 heavy (non-hydrogen) atoms. The Bertz CT molecular complexity index is 1170. The second kappa shape index (κ2) is 11.1. The third-order valence-corrected chi connectivity index (χ3v) is 6.08. The highest BCUT2D eigenvalue weighted by atomic mass is 35.5. The molecule has 3 aromatic rings. The molecule has 4 rings (SSSR count). The summed E-state index contributed by atoms with van der Waals surface area (Å²) in [5, 5.41) is 23.7. The highest BCUT2D eigenvalue weighted by molar-refractivity contribution is 6.33. The summed E-state index contributed by atoms with van der Waals surface area (Å²) < 4.78 is 1.86. The van der Waals surface area contributed by atoms with Crippen LogP contribution in [0.5, 0.6) is 5.88 Å². The molecule has 1 amide bonds. The maximum atomic E-state index is 12.1. The third-order valence-electron chi connectivity index (χ3n) is 5.73. The van der Waals surface area contributed by atoms with Crippen LogP contribution in [-0.4, -0.2) is 41.5 Å². The van der Waals surface area contributed by atoms with Crippen LogP contribution in [0.2, 0.25) is 5.02 Å². The maximum absolute atomic E-state index is 12.1. The van der Waals surface area contributed by atoms with Gasteiger partial charge in [-0.3, -0.25) is 9.36 Å². The van der Waals surface area contributed by atoms with Gasteiger partial charge in [0.1, 0.15) is 0 Å². The zero-order valence-corrected chi connectivity index (χ0v) is 19.0. The normalized spacial score (nSPS) is 15.4. The largest absolute Gasteiger partial charge is 0.493 e. The number of oxime groups is 1. The monoisotopic (exact) mass is 468 g/mol. The van der Waals surface area contributed by atoms with Gasteiger partial charge < -0.3 is 14.8 Å². The Hall–Kier alpha value is -3.23. The van der Waals surface area contributed by atoms with E-state index in [1.807, 2.05) is 41.0 Å². The maximum Gasteiger partial charge on any atom is 0.304 e. The van der Waals surface area contributed by atoms with Crippen molar-refractivity contribution in [2.24, 2.45) is 15.4 Å². The number of aromatic nitrogens is 1. The van der Waals surface area contributed by atoms with Gasteiger partial charge in [0.15, 0.2) is 19.0 Å². The van der Waals surface area contributed by atoms with Gasteiger partial charge in [0.2, 0.25) is 5.88 Å². The number of nitrogens with one attached hydrogen (secondary N) is 1. The fourth-order valence-corrected chi connectivity index (χ4v) is 4.23. The molecule has 0 bridgehead atoms. The Morgan fingerprint density at radius 1 is 1.09 bits per heavy atom. The predicted octanol–water partition coefficient (Wildman–Crippen LogP) is 4.08. The lowest BCUT2D eigenvalue weighted by atomic mass is 10.2. The fraction of sp³-hybridized carbons (Fsp3) is 0.333. The lowest BCUT2D eigenvalue weighted by Gasteiger charge is -2.18. The number of carbonyl (C=O) groups is 1. The Balaban J connectivity index is 1.44. The van der Waals surface area contributed by atoms with E-state index in [0.717, 1.165) is 24.0 Å². The van der Waals surface area contributed by atoms with E-state index in [9.17, 15) is 9.90 Å². The number of azo groups is 1. The van der Waals surface area contributed by atoms with Crippen LogP contribution >= 0.6 is 11.6 Å². The number of amides is 1. The summed E-state index contributed by atoms with van der Waals surface area (Å²) in [6.07, 6.45) is 6.32. The van der Waals surface area contributed by atoms with Crippen LogP contribution in [0, 0.1) is 0 Å². The number of carbonyl (C=O) groups excluding carboxylic acids is 1. The Morgan fingerprint density at radius 3 is 2.61 bits per heavy atom. The lowest BCUT2D eigenvalue weighted by molar-refractivity contribution is -0.921. The van der Waals surface area contributed by atoms with Gasteiger partial charge in [-0.1, -0.05) is 53.2 Å². The van der Waals surface area contributed by atoms with Gasteiger partial charge in [0, 0.05) is 16.0 Å². The minimum absolute atomic E-state index is 0.0159. The van der Waals surface area contributed by atoms with Crippen LogP contribution in [0.3, 0.4) is 0 Å². The summed E-state index contributed by atoms with van der Waals surface area (Å²) in [4.78, 5) is 18.6. The number of rotatable bonds is 7. The standard InChI is InChI=1S/C24H26ClN5O3/c25-20-11-5-3-9-18(20)15-26-33-16-22(31)27-28-23-19-10-4-6-12-21(19)30(24(23)32)17-29-13-7-1-2-8-14-29/h3-6,9-12,15,32H,1-2,7-8,13-14,16-17H2/p+1/b26-15-,28-27?. The zero-order valence-electron chi connectivity index (χ0n) is 18.3. The topological polar surface area (TPSA) is 93.0 Å². The average molecular weight is 469 g/mol. The van der Waals surface area contributed by atoms with Crippen molar-refractivity contribution in [3.63, 3.8) is 0 Å². The van der Waals surface area contributed by atoms with Crippen molar-refractivity contribution in [2.45, 2.75) is 32.4 Å². The van der Waals surface area contributed by atoms with Gasteiger partial charge >= 0.3 is 5.91 Å². The first kappa shape index (κ1) is 22.9. The van der Waals surface area contributed by atoms with E-state index >= 15 is 0 Å². The molecule has 0 aliphatic carbocycles. The number of benzene rings is 2. The molecule has 9 heteroatoms. The first-order chi connectivity index (χ1) is 16.1. The number of fused-ring (bicyclic) bond motifs is 1. The summed E-state index contributed by atoms with van der Waals surface area (Å²) >= 11 is 6.04. The summed E-state index contributed by atoms with van der Waals surface area (Å²) in [6, 6.07) is 14.8. The molecule has 0 radical (unpaired) electrons. The highest BCUT2D eigenvalue weighted by Crippen LogP contribution is 2.38. The van der Waals surface area contributed by atoms with Crippen LogP contribution in [0.25, 0.3) is 10.9 Å². The zero-order chi connectivity index (χ0) is 23.0. The molecule has 2 heterocycles. The third kappa shape index (κ3) is 5.77. The average Bonchev–Trinajstić information content (AvgIpc) is 2.97. The number of hydrogen-bond donors (Lipinski definition) is 2. The molecule has 0 spiro atoms. The smallest absolute Gasteiger partial charge is 0.304 e. The van der Waals surface area contributed by atoms with Crippen molar-refractivity contribution in [3.8, 4) is 5.88 Å². The van der Waals surface area contributed by atoms with E-state index in [-0.39, 0.29) is 18.2 Å². The number of nitrogens with zero attached hydrogens (tertiary/aromatic N) is 4. The molecule has 1 aliphatic rings. The molecule has 2 N–H and O–H groups in total. The Labute approximate surface area is 197 Å². The molecule has 1 fully saturated rings. The van der Waals surface area contributed by atoms with Crippen LogP contribution in [0.15, 0.2) is 63.9 Å². The second-order valence-corrected chi connectivity index (χ2v) is 8.47. The number of aromatic hydroxyl groups is 1. The van der Waals surface area contributed by atoms with Crippen molar-refractivity contribution >= 4 is 40.3 Å². The molecule has 172 valence electrons. The van der Waals surface area contributed by atoms with Gasteiger partial charge in [0.05, 0.1) is 24.8 Å². The molecule has 0 atom stereocenters. The minimum Gasteiger partial charge on any atom is -0.493 e. The van der Waals surface area contributed by atoms with Crippen molar-refractivity contribution in [3.05, 3.63) is 59.1 Å². The molecular weight excluding hydrogens is 442 g/mol. The number of hydrogen-bond acceptors (Lipinski definition) is 5. The van der Waals surface area contributed by atoms with Crippen LogP contribution in [0.4, 0.5) is 5.69 Å². The number of likely N-dealkylation sites (tertiary alicyclic amines) is 1. The van der Waals surface area contributed by atoms with Gasteiger partial charge in [-0.25, -0.2) is 0 Å². The van der Waals surface area contributed by atoms with Crippen molar-refractivity contribution in [2.75, 3.05) is 19.7 Å². The molecular formula is C24H27ClN5O3+. The van der Waals surface area contributed by atoms with Gasteiger partial charge in [-0.05, 0) is 37.8 Å². The molecule has 0 saturated carbocycles. The predicted molar refractivity (Wildman–Crippen MR) is 127 cm³/mol. The summed E-state index contributed by atoms with van der Waals surface area (Å²) in [7, 11) is 0. The van der Waals surface area contributed by atoms with E-state index in [4.69, 9.17) is 16.4 Å². The molecule has 0 unspecified atom stereocenters. The van der Waals surface area contributed by atoms with E-state index in [1.54, 1.807) is 12.1 Å². The quantitative estimate of drug-likeness (QED) is 0.311. The molecule has 1 aromatic heterocycles. The van der Waals surface area contributed by atoms with E-state index in [0.29, 0.717) is 17.3 Å². The van der Waals surface area contributed by atoms with Crippen LogP contribution < -0.4 is 4.90 Å². The molecule has 1 saturated heterocycles. The number of para-hydroxylation sites is 1. The summed E-state index contributed by atoms with van der Waals surface area (Å²) in [6.45, 7) is 2.43. The molecule has 2 aromatic carbocycles. The van der Waals surface area contributed by atoms with Crippen LogP contribution in [0.1, 0.15) is 31.2 Å².